The molecule has 3 unspecified atom stereocenters. The molecule has 2 fully saturated rings. The minimum Gasteiger partial charge on any atom is -0.368 e. The lowest BCUT2D eigenvalue weighted by Crippen LogP contribution is -2.43. The molecule has 1 saturated heterocycles. The number of nitrogens with one attached hydrogen (secondary N) is 1. The Morgan fingerprint density at radius 1 is 1.43 bits per heavy atom. The van der Waals surface area contributed by atoms with Gasteiger partial charge in [0.15, 0.2) is 5.82 Å². The zero-order chi connectivity index (χ0) is 15.2. The first-order valence-corrected chi connectivity index (χ1v) is 7.81. The van der Waals surface area contributed by atoms with Crippen LogP contribution < -0.4 is 5.73 Å². The number of likely N-dealkylation sites (tertiary alicyclic amines) is 1. The summed E-state index contributed by atoms with van der Waals surface area (Å²) in [6.45, 7) is 7.85. The largest absolute Gasteiger partial charge is 0.368 e. The predicted octanol–water partition coefficient (Wildman–Crippen LogP) is 1.19. The van der Waals surface area contributed by atoms with Crippen molar-refractivity contribution in [3.05, 3.63) is 11.6 Å². The van der Waals surface area contributed by atoms with E-state index in [9.17, 15) is 4.79 Å². The summed E-state index contributed by atoms with van der Waals surface area (Å²) in [6.07, 6.45) is 3.57. The van der Waals surface area contributed by atoms with E-state index in [4.69, 9.17) is 5.73 Å². The number of hydrogen-bond acceptors (Lipinski definition) is 4. The van der Waals surface area contributed by atoms with Crippen LogP contribution in [0.2, 0.25) is 0 Å². The van der Waals surface area contributed by atoms with E-state index in [1.807, 2.05) is 0 Å². The van der Waals surface area contributed by atoms with Gasteiger partial charge in [-0.1, -0.05) is 27.2 Å². The summed E-state index contributed by atoms with van der Waals surface area (Å²) >= 11 is 0. The van der Waals surface area contributed by atoms with Crippen LogP contribution in [0.25, 0.3) is 0 Å². The number of nitrogens with zero attached hydrogens (tertiary/aromatic N) is 3. The average molecular weight is 291 g/mol. The summed E-state index contributed by atoms with van der Waals surface area (Å²) in [6, 6.07) is -0.138. The van der Waals surface area contributed by atoms with Crippen molar-refractivity contribution < 1.29 is 4.79 Å². The first-order chi connectivity index (χ1) is 9.86. The van der Waals surface area contributed by atoms with Gasteiger partial charge in [-0.05, 0) is 24.7 Å². The zero-order valence-electron chi connectivity index (χ0n) is 13.1. The van der Waals surface area contributed by atoms with Gasteiger partial charge in [-0.2, -0.15) is 5.10 Å². The lowest BCUT2D eigenvalue weighted by atomic mass is 9.94. The molecule has 1 aliphatic heterocycles. The molecule has 1 saturated carbocycles. The quantitative estimate of drug-likeness (QED) is 0.875. The molecule has 1 aromatic rings. The van der Waals surface area contributed by atoms with Gasteiger partial charge in [-0.15, -0.1) is 0 Å². The molecule has 2 aliphatic rings. The summed E-state index contributed by atoms with van der Waals surface area (Å²) in [5.74, 6) is 2.50. The molecule has 0 bridgehead atoms. The van der Waals surface area contributed by atoms with Gasteiger partial charge in [0.1, 0.15) is 5.82 Å². The van der Waals surface area contributed by atoms with Gasteiger partial charge in [0.25, 0.3) is 0 Å². The molecule has 0 aromatic carbocycles. The third-order valence-electron chi connectivity index (χ3n) is 4.83. The Morgan fingerprint density at radius 3 is 2.81 bits per heavy atom. The van der Waals surface area contributed by atoms with Crippen molar-refractivity contribution in [3.63, 3.8) is 0 Å². The molecule has 6 nitrogen and oxygen atoms in total. The second-order valence-corrected chi connectivity index (χ2v) is 7.49. The molecule has 2 heterocycles. The minimum atomic E-state index is -0.194. The van der Waals surface area contributed by atoms with Crippen molar-refractivity contribution in [1.29, 1.82) is 0 Å². The second-order valence-electron chi connectivity index (χ2n) is 7.49. The average Bonchev–Trinajstić information content (AvgIpc) is 3.01. The first kappa shape index (κ1) is 14.5. The molecule has 3 N–H and O–H groups in total. The third kappa shape index (κ3) is 2.69. The number of nitrogens with two attached hydrogens (primary N) is 1. The number of H-pyrrole nitrogens is 1. The SMILES string of the molecule is CC(C)(C)c1n[nH]c(CN2CC3CCCC3C2C(N)=O)n1. The summed E-state index contributed by atoms with van der Waals surface area (Å²) in [5.41, 5.74) is 5.58. The fourth-order valence-electron chi connectivity index (χ4n) is 3.84. The third-order valence-corrected chi connectivity index (χ3v) is 4.83. The highest BCUT2D eigenvalue weighted by atomic mass is 16.1. The predicted molar refractivity (Wildman–Crippen MR) is 79.3 cm³/mol. The van der Waals surface area contributed by atoms with Crippen molar-refractivity contribution in [3.8, 4) is 0 Å². The number of hydrogen-bond donors (Lipinski definition) is 2. The van der Waals surface area contributed by atoms with E-state index in [1.165, 1.54) is 12.8 Å². The zero-order valence-corrected chi connectivity index (χ0v) is 13.1. The van der Waals surface area contributed by atoms with Crippen molar-refractivity contribution in [2.75, 3.05) is 6.54 Å². The van der Waals surface area contributed by atoms with E-state index >= 15 is 0 Å². The van der Waals surface area contributed by atoms with Crippen LogP contribution in [-0.2, 0) is 16.8 Å². The molecule has 116 valence electrons. The topological polar surface area (TPSA) is 87.9 Å². The van der Waals surface area contributed by atoms with Gasteiger partial charge in [0, 0.05) is 12.0 Å². The Balaban J connectivity index is 1.75. The van der Waals surface area contributed by atoms with Gasteiger partial charge >= 0.3 is 0 Å². The first-order valence-electron chi connectivity index (χ1n) is 7.81. The van der Waals surface area contributed by atoms with Crippen LogP contribution in [0.4, 0.5) is 0 Å². The maximum Gasteiger partial charge on any atom is 0.235 e. The van der Waals surface area contributed by atoms with Gasteiger partial charge < -0.3 is 5.73 Å². The molecular formula is C15H25N5O. The summed E-state index contributed by atoms with van der Waals surface area (Å²) < 4.78 is 0. The van der Waals surface area contributed by atoms with Gasteiger partial charge in [-0.3, -0.25) is 14.8 Å². The number of aromatic nitrogens is 3. The van der Waals surface area contributed by atoms with Crippen molar-refractivity contribution in [2.45, 2.75) is 58.0 Å². The van der Waals surface area contributed by atoms with Crippen LogP contribution in [0.1, 0.15) is 51.7 Å². The second kappa shape index (κ2) is 5.09. The van der Waals surface area contributed by atoms with E-state index in [0.29, 0.717) is 18.4 Å². The van der Waals surface area contributed by atoms with Crippen LogP contribution in [0.3, 0.4) is 0 Å². The molecule has 21 heavy (non-hydrogen) atoms. The van der Waals surface area contributed by atoms with E-state index in [-0.39, 0.29) is 17.4 Å². The standard InChI is InChI=1S/C15H25N5O/c1-15(2,3)14-17-11(18-19-14)8-20-7-9-5-4-6-10(9)12(20)13(16)21/h9-10,12H,4-8H2,1-3H3,(H2,16,21)(H,17,18,19). The Hall–Kier alpha value is -1.43. The molecule has 3 rings (SSSR count). The van der Waals surface area contributed by atoms with E-state index in [0.717, 1.165) is 24.6 Å². The maximum atomic E-state index is 11.8. The van der Waals surface area contributed by atoms with Crippen LogP contribution in [-0.4, -0.2) is 38.6 Å². The van der Waals surface area contributed by atoms with E-state index in [1.54, 1.807) is 0 Å². The van der Waals surface area contributed by atoms with Gasteiger partial charge in [0.05, 0.1) is 12.6 Å². The Bertz CT molecular complexity index is 532. The normalized spacial score (nSPS) is 29.8. The van der Waals surface area contributed by atoms with Crippen LogP contribution in [0.5, 0.6) is 0 Å². The number of carbonyl (C=O) groups excluding carboxylic acids is 1. The number of amides is 1. The Kier molecular flexibility index (Phi) is 3.51. The van der Waals surface area contributed by atoms with Crippen LogP contribution >= 0.6 is 0 Å². The molecule has 6 heteroatoms. The highest BCUT2D eigenvalue weighted by molar-refractivity contribution is 5.80. The number of carbonyl (C=O) groups is 1. The van der Waals surface area contributed by atoms with Gasteiger partial charge in [0.2, 0.25) is 5.91 Å². The number of rotatable bonds is 3. The van der Waals surface area contributed by atoms with E-state index in [2.05, 4.69) is 40.9 Å². The van der Waals surface area contributed by atoms with E-state index < -0.39 is 0 Å². The molecule has 3 atom stereocenters. The minimum absolute atomic E-state index is 0.0701. The number of fused-ring (bicyclic) bond motifs is 1. The van der Waals surface area contributed by atoms with Crippen molar-refractivity contribution in [2.24, 2.45) is 17.6 Å². The fourth-order valence-corrected chi connectivity index (χ4v) is 3.84. The smallest absolute Gasteiger partial charge is 0.235 e. The molecule has 1 aliphatic carbocycles. The lowest BCUT2D eigenvalue weighted by molar-refractivity contribution is -0.123. The van der Waals surface area contributed by atoms with Gasteiger partial charge in [-0.25, -0.2) is 4.98 Å². The Labute approximate surface area is 125 Å². The van der Waals surface area contributed by atoms with Crippen molar-refractivity contribution >= 4 is 5.91 Å². The molecular weight excluding hydrogens is 266 g/mol. The monoisotopic (exact) mass is 291 g/mol. The lowest BCUT2D eigenvalue weighted by Gasteiger charge is -2.23. The summed E-state index contributed by atoms with van der Waals surface area (Å²) in [7, 11) is 0. The highest BCUT2D eigenvalue weighted by Crippen LogP contribution is 2.42. The summed E-state index contributed by atoms with van der Waals surface area (Å²) in [5, 5.41) is 7.30. The molecule has 0 spiro atoms. The summed E-state index contributed by atoms with van der Waals surface area (Å²) in [4.78, 5) is 18.6. The molecule has 1 amide bonds. The molecule has 0 radical (unpaired) electrons. The van der Waals surface area contributed by atoms with Crippen molar-refractivity contribution in [1.82, 2.24) is 20.1 Å². The Morgan fingerprint density at radius 2 is 2.19 bits per heavy atom. The maximum absolute atomic E-state index is 11.8. The number of primary amides is 1. The fraction of sp³-hybridized carbons (Fsp3) is 0.800. The number of aromatic amines is 1. The highest BCUT2D eigenvalue weighted by Gasteiger charge is 2.46. The van der Waals surface area contributed by atoms with Crippen LogP contribution in [0.15, 0.2) is 0 Å². The van der Waals surface area contributed by atoms with Crippen LogP contribution in [0, 0.1) is 11.8 Å². The molecule has 1 aromatic heterocycles.